The highest BCUT2D eigenvalue weighted by atomic mass is 32.2. The maximum atomic E-state index is 12.2. The Labute approximate surface area is 185 Å². The van der Waals surface area contributed by atoms with E-state index in [4.69, 9.17) is 14.5 Å². The summed E-state index contributed by atoms with van der Waals surface area (Å²) in [5.41, 5.74) is 0.795. The number of anilines is 1. The SMILES string of the molecule is COc1cccc(OCC(=O)NCCn2ncc3c(N4CCCC4)nc(SC)nc32)c1. The number of carbonyl (C=O) groups is 1. The van der Waals surface area contributed by atoms with Gasteiger partial charge in [0, 0.05) is 25.7 Å². The fourth-order valence-corrected chi connectivity index (χ4v) is 3.89. The molecule has 0 radical (unpaired) electrons. The van der Waals surface area contributed by atoms with Gasteiger partial charge < -0.3 is 19.7 Å². The Kier molecular flexibility index (Phi) is 6.76. The molecule has 0 saturated carbocycles. The van der Waals surface area contributed by atoms with Crippen molar-refractivity contribution in [2.75, 3.05) is 44.5 Å². The van der Waals surface area contributed by atoms with E-state index in [1.807, 2.05) is 29.3 Å². The summed E-state index contributed by atoms with van der Waals surface area (Å²) in [6.45, 7) is 2.89. The molecule has 0 spiro atoms. The van der Waals surface area contributed by atoms with Crippen LogP contribution in [0.4, 0.5) is 5.82 Å². The van der Waals surface area contributed by atoms with Crippen molar-refractivity contribution in [3.05, 3.63) is 30.5 Å². The van der Waals surface area contributed by atoms with E-state index >= 15 is 0 Å². The monoisotopic (exact) mass is 442 g/mol. The topological polar surface area (TPSA) is 94.4 Å². The second-order valence-corrected chi connectivity index (χ2v) is 7.92. The number of nitrogens with one attached hydrogen (secondary N) is 1. The molecule has 0 atom stereocenters. The van der Waals surface area contributed by atoms with E-state index in [0.29, 0.717) is 24.6 Å². The van der Waals surface area contributed by atoms with Crippen LogP contribution in [0.1, 0.15) is 12.8 Å². The van der Waals surface area contributed by atoms with Crippen LogP contribution in [-0.2, 0) is 11.3 Å². The highest BCUT2D eigenvalue weighted by Crippen LogP contribution is 2.28. The minimum Gasteiger partial charge on any atom is -0.497 e. The van der Waals surface area contributed by atoms with E-state index in [-0.39, 0.29) is 12.5 Å². The Hall–Kier alpha value is -3.01. The standard InChI is InChI=1S/C21H26N6O3S/c1-29-15-6-5-7-16(12-15)30-14-18(28)22-8-11-27-20-17(13-23-27)19(24-21(25-20)31-2)26-9-3-4-10-26/h5-7,12-13H,3-4,8-11,14H2,1-2H3,(H,22,28). The fraction of sp³-hybridized carbons (Fsp3) is 0.429. The third-order valence-corrected chi connectivity index (χ3v) is 5.65. The van der Waals surface area contributed by atoms with Crippen LogP contribution in [0.5, 0.6) is 11.5 Å². The zero-order valence-corrected chi connectivity index (χ0v) is 18.5. The third-order valence-electron chi connectivity index (χ3n) is 5.10. The molecule has 3 aromatic rings. The summed E-state index contributed by atoms with van der Waals surface area (Å²) in [4.78, 5) is 23.8. The number of carbonyl (C=O) groups excluding carboxylic acids is 1. The van der Waals surface area contributed by atoms with Gasteiger partial charge in [-0.3, -0.25) is 4.79 Å². The van der Waals surface area contributed by atoms with E-state index in [9.17, 15) is 4.79 Å². The van der Waals surface area contributed by atoms with Crippen LogP contribution in [0, 0.1) is 0 Å². The van der Waals surface area contributed by atoms with Crippen molar-refractivity contribution in [1.82, 2.24) is 25.1 Å². The lowest BCUT2D eigenvalue weighted by molar-refractivity contribution is -0.123. The quantitative estimate of drug-likeness (QED) is 0.399. The normalized spacial score (nSPS) is 13.5. The molecule has 31 heavy (non-hydrogen) atoms. The van der Waals surface area contributed by atoms with E-state index in [2.05, 4.69) is 20.3 Å². The maximum absolute atomic E-state index is 12.2. The van der Waals surface area contributed by atoms with Gasteiger partial charge in [0.25, 0.3) is 5.91 Å². The number of fused-ring (bicyclic) bond motifs is 1. The van der Waals surface area contributed by atoms with Crippen molar-refractivity contribution in [3.8, 4) is 11.5 Å². The molecule has 1 N–H and O–H groups in total. The number of aromatic nitrogens is 4. The summed E-state index contributed by atoms with van der Waals surface area (Å²) in [5, 5.41) is 9.04. The first-order chi connectivity index (χ1) is 15.2. The van der Waals surface area contributed by atoms with Crippen molar-refractivity contribution in [1.29, 1.82) is 0 Å². The van der Waals surface area contributed by atoms with Crippen LogP contribution in [0.3, 0.4) is 0 Å². The molecule has 1 aliphatic heterocycles. The molecule has 1 aromatic carbocycles. The summed E-state index contributed by atoms with van der Waals surface area (Å²) in [5.74, 6) is 2.02. The Balaban J connectivity index is 1.36. The number of ether oxygens (including phenoxy) is 2. The molecule has 1 fully saturated rings. The molecule has 1 amide bonds. The second-order valence-electron chi connectivity index (χ2n) is 7.15. The molecular formula is C21H26N6O3S. The Morgan fingerprint density at radius 2 is 2.03 bits per heavy atom. The summed E-state index contributed by atoms with van der Waals surface area (Å²) in [7, 11) is 1.59. The lowest BCUT2D eigenvalue weighted by Gasteiger charge is -2.17. The molecule has 1 aliphatic rings. The smallest absolute Gasteiger partial charge is 0.258 e. The Morgan fingerprint density at radius 1 is 1.23 bits per heavy atom. The van der Waals surface area contributed by atoms with Crippen molar-refractivity contribution < 1.29 is 14.3 Å². The van der Waals surface area contributed by atoms with Gasteiger partial charge in [0.05, 0.1) is 25.2 Å². The highest BCUT2D eigenvalue weighted by Gasteiger charge is 2.20. The van der Waals surface area contributed by atoms with Crippen molar-refractivity contribution in [2.24, 2.45) is 0 Å². The van der Waals surface area contributed by atoms with Crippen LogP contribution in [0.15, 0.2) is 35.6 Å². The van der Waals surface area contributed by atoms with Gasteiger partial charge in [-0.05, 0) is 31.2 Å². The number of methoxy groups -OCH3 is 1. The molecule has 3 heterocycles. The number of hydrogen-bond donors (Lipinski definition) is 1. The van der Waals surface area contributed by atoms with E-state index in [1.54, 1.807) is 19.2 Å². The average molecular weight is 443 g/mol. The van der Waals surface area contributed by atoms with Gasteiger partial charge in [0.2, 0.25) is 0 Å². The minimum absolute atomic E-state index is 0.0646. The molecule has 0 unspecified atom stereocenters. The molecule has 9 nitrogen and oxygen atoms in total. The minimum atomic E-state index is -0.198. The average Bonchev–Trinajstić information content (AvgIpc) is 3.48. The second kappa shape index (κ2) is 9.86. The predicted octanol–water partition coefficient (Wildman–Crippen LogP) is 2.35. The number of hydrogen-bond acceptors (Lipinski definition) is 8. The van der Waals surface area contributed by atoms with Crippen LogP contribution < -0.4 is 19.7 Å². The van der Waals surface area contributed by atoms with Crippen LogP contribution >= 0.6 is 11.8 Å². The zero-order valence-electron chi connectivity index (χ0n) is 17.7. The van der Waals surface area contributed by atoms with E-state index in [1.165, 1.54) is 24.6 Å². The van der Waals surface area contributed by atoms with Gasteiger partial charge in [0.1, 0.15) is 17.3 Å². The van der Waals surface area contributed by atoms with Gasteiger partial charge in [-0.15, -0.1) is 0 Å². The van der Waals surface area contributed by atoms with Gasteiger partial charge in [-0.1, -0.05) is 17.8 Å². The highest BCUT2D eigenvalue weighted by molar-refractivity contribution is 7.98. The van der Waals surface area contributed by atoms with Gasteiger partial charge in [-0.25, -0.2) is 14.6 Å². The predicted molar refractivity (Wildman–Crippen MR) is 120 cm³/mol. The van der Waals surface area contributed by atoms with Gasteiger partial charge in [0.15, 0.2) is 17.4 Å². The number of benzene rings is 1. The number of nitrogens with zero attached hydrogens (tertiary/aromatic N) is 5. The lowest BCUT2D eigenvalue weighted by atomic mass is 10.3. The zero-order chi connectivity index (χ0) is 21.6. The molecule has 0 aliphatic carbocycles. The molecule has 0 bridgehead atoms. The van der Waals surface area contributed by atoms with Gasteiger partial charge >= 0.3 is 0 Å². The van der Waals surface area contributed by atoms with Crippen molar-refractivity contribution >= 4 is 34.5 Å². The molecule has 1 saturated heterocycles. The summed E-state index contributed by atoms with van der Waals surface area (Å²) in [6, 6.07) is 7.16. The largest absolute Gasteiger partial charge is 0.497 e. The maximum Gasteiger partial charge on any atom is 0.258 e. The number of rotatable bonds is 9. The first-order valence-electron chi connectivity index (χ1n) is 10.2. The summed E-state index contributed by atoms with van der Waals surface area (Å²) >= 11 is 1.52. The molecule has 2 aromatic heterocycles. The Morgan fingerprint density at radius 3 is 2.81 bits per heavy atom. The summed E-state index contributed by atoms with van der Waals surface area (Å²) < 4.78 is 12.5. The van der Waals surface area contributed by atoms with Crippen LogP contribution in [-0.4, -0.2) is 65.3 Å². The summed E-state index contributed by atoms with van der Waals surface area (Å²) in [6.07, 6.45) is 6.15. The first kappa shape index (κ1) is 21.2. The number of thioether (sulfide) groups is 1. The van der Waals surface area contributed by atoms with Crippen LogP contribution in [0.25, 0.3) is 11.0 Å². The van der Waals surface area contributed by atoms with E-state index in [0.717, 1.165) is 35.1 Å². The number of amides is 1. The molecule has 164 valence electrons. The van der Waals surface area contributed by atoms with Crippen LogP contribution in [0.2, 0.25) is 0 Å². The lowest BCUT2D eigenvalue weighted by Crippen LogP contribution is -2.31. The first-order valence-corrected chi connectivity index (χ1v) is 11.5. The van der Waals surface area contributed by atoms with E-state index < -0.39 is 0 Å². The molecular weight excluding hydrogens is 416 g/mol. The van der Waals surface area contributed by atoms with Crippen molar-refractivity contribution in [2.45, 2.75) is 24.5 Å². The third kappa shape index (κ3) is 5.01. The Bertz CT molecular complexity index is 1050. The molecule has 10 heteroatoms. The van der Waals surface area contributed by atoms with Crippen molar-refractivity contribution in [3.63, 3.8) is 0 Å². The fourth-order valence-electron chi connectivity index (χ4n) is 3.54. The molecule has 4 rings (SSSR count). The van der Waals surface area contributed by atoms with Gasteiger partial charge in [-0.2, -0.15) is 5.10 Å².